The Labute approximate surface area is 86.6 Å². The fourth-order valence-corrected chi connectivity index (χ4v) is 1.58. The standard InChI is InChI=1S/C9H15F3N2O/c1-2-7-8(15)14(6-13-7)5-3-4-9(10,11)12/h7,13H,2-6H2,1H3. The highest BCUT2D eigenvalue weighted by Gasteiger charge is 2.31. The van der Waals surface area contributed by atoms with Gasteiger partial charge in [0, 0.05) is 13.0 Å². The van der Waals surface area contributed by atoms with Crippen LogP contribution in [-0.4, -0.2) is 36.2 Å². The Bertz CT molecular complexity index is 230. The first-order valence-electron chi connectivity index (χ1n) is 5.03. The Morgan fingerprint density at radius 2 is 2.20 bits per heavy atom. The average molecular weight is 224 g/mol. The van der Waals surface area contributed by atoms with Crippen LogP contribution in [0.3, 0.4) is 0 Å². The predicted molar refractivity (Wildman–Crippen MR) is 49.1 cm³/mol. The summed E-state index contributed by atoms with van der Waals surface area (Å²) in [5.41, 5.74) is 0. The van der Waals surface area contributed by atoms with Gasteiger partial charge in [-0.3, -0.25) is 10.1 Å². The third-order valence-corrected chi connectivity index (χ3v) is 2.43. The number of hydrogen-bond acceptors (Lipinski definition) is 2. The lowest BCUT2D eigenvalue weighted by atomic mass is 10.2. The maximum Gasteiger partial charge on any atom is 0.389 e. The van der Waals surface area contributed by atoms with Crippen molar-refractivity contribution in [2.75, 3.05) is 13.2 Å². The van der Waals surface area contributed by atoms with Crippen molar-refractivity contribution < 1.29 is 18.0 Å². The molecule has 1 amide bonds. The van der Waals surface area contributed by atoms with E-state index < -0.39 is 12.6 Å². The number of hydrogen-bond donors (Lipinski definition) is 1. The summed E-state index contributed by atoms with van der Waals surface area (Å²) in [6.45, 7) is 2.42. The molecule has 1 fully saturated rings. The van der Waals surface area contributed by atoms with Crippen LogP contribution in [0.25, 0.3) is 0 Å². The first-order valence-corrected chi connectivity index (χ1v) is 5.03. The van der Waals surface area contributed by atoms with Crippen LogP contribution in [0.1, 0.15) is 26.2 Å². The zero-order valence-corrected chi connectivity index (χ0v) is 8.60. The van der Waals surface area contributed by atoms with Crippen molar-refractivity contribution >= 4 is 5.91 Å². The summed E-state index contributed by atoms with van der Waals surface area (Å²) in [5, 5.41) is 2.95. The van der Waals surface area contributed by atoms with Gasteiger partial charge in [0.05, 0.1) is 12.7 Å². The molecule has 1 rings (SSSR count). The molecule has 3 nitrogen and oxygen atoms in total. The van der Waals surface area contributed by atoms with E-state index in [-0.39, 0.29) is 24.9 Å². The molecular weight excluding hydrogens is 209 g/mol. The number of carbonyl (C=O) groups is 1. The molecule has 1 aliphatic rings. The molecule has 0 aromatic heterocycles. The van der Waals surface area contributed by atoms with E-state index in [0.717, 1.165) is 0 Å². The lowest BCUT2D eigenvalue weighted by Gasteiger charge is -2.15. The first-order chi connectivity index (χ1) is 6.94. The van der Waals surface area contributed by atoms with Gasteiger partial charge in [-0.1, -0.05) is 6.92 Å². The Hall–Kier alpha value is -0.780. The molecule has 0 spiro atoms. The molecule has 0 radical (unpaired) electrons. The van der Waals surface area contributed by atoms with Gasteiger partial charge < -0.3 is 4.90 Å². The van der Waals surface area contributed by atoms with Crippen LogP contribution in [0.5, 0.6) is 0 Å². The van der Waals surface area contributed by atoms with Crippen molar-refractivity contribution in [2.24, 2.45) is 0 Å². The minimum absolute atomic E-state index is 0.0205. The summed E-state index contributed by atoms with van der Waals surface area (Å²) in [6.07, 6.45) is -4.30. The zero-order valence-electron chi connectivity index (χ0n) is 8.60. The van der Waals surface area contributed by atoms with Gasteiger partial charge >= 0.3 is 6.18 Å². The third-order valence-electron chi connectivity index (χ3n) is 2.43. The van der Waals surface area contributed by atoms with Crippen LogP contribution in [-0.2, 0) is 4.79 Å². The van der Waals surface area contributed by atoms with Crippen LogP contribution in [0.15, 0.2) is 0 Å². The van der Waals surface area contributed by atoms with E-state index in [1.165, 1.54) is 4.90 Å². The van der Waals surface area contributed by atoms with Crippen molar-refractivity contribution in [2.45, 2.75) is 38.4 Å². The third kappa shape index (κ3) is 3.70. The van der Waals surface area contributed by atoms with Crippen LogP contribution < -0.4 is 5.32 Å². The molecule has 0 saturated carbocycles. The molecule has 0 bridgehead atoms. The first kappa shape index (κ1) is 12.3. The van der Waals surface area contributed by atoms with Gasteiger partial charge in [0.25, 0.3) is 0 Å². The van der Waals surface area contributed by atoms with Crippen molar-refractivity contribution in [3.63, 3.8) is 0 Å². The largest absolute Gasteiger partial charge is 0.389 e. The summed E-state index contributed by atoms with van der Waals surface area (Å²) < 4.78 is 35.6. The minimum atomic E-state index is -4.12. The molecule has 88 valence electrons. The van der Waals surface area contributed by atoms with E-state index in [1.807, 2.05) is 6.92 Å². The van der Waals surface area contributed by atoms with Gasteiger partial charge in [0.15, 0.2) is 0 Å². The number of alkyl halides is 3. The number of rotatable bonds is 4. The van der Waals surface area contributed by atoms with Gasteiger partial charge in [-0.05, 0) is 12.8 Å². The Kier molecular flexibility index (Phi) is 3.96. The molecule has 1 N–H and O–H groups in total. The number of halogens is 3. The highest BCUT2D eigenvalue weighted by Crippen LogP contribution is 2.21. The van der Waals surface area contributed by atoms with E-state index in [4.69, 9.17) is 0 Å². The second-order valence-corrected chi connectivity index (χ2v) is 3.64. The van der Waals surface area contributed by atoms with Crippen LogP contribution in [0, 0.1) is 0 Å². The summed E-state index contributed by atoms with van der Waals surface area (Å²) in [7, 11) is 0. The molecule has 1 unspecified atom stereocenters. The molecule has 1 saturated heterocycles. The zero-order chi connectivity index (χ0) is 11.5. The Balaban J connectivity index is 2.26. The van der Waals surface area contributed by atoms with E-state index in [0.29, 0.717) is 13.1 Å². The Morgan fingerprint density at radius 3 is 2.67 bits per heavy atom. The molecule has 0 aromatic carbocycles. The lowest BCUT2D eigenvalue weighted by molar-refractivity contribution is -0.139. The summed E-state index contributed by atoms with van der Waals surface area (Å²) in [5.74, 6) is -0.0836. The van der Waals surface area contributed by atoms with E-state index in [9.17, 15) is 18.0 Å². The lowest BCUT2D eigenvalue weighted by Crippen LogP contribution is -2.31. The summed E-state index contributed by atoms with van der Waals surface area (Å²) in [4.78, 5) is 12.9. The molecule has 0 aromatic rings. The highest BCUT2D eigenvalue weighted by molar-refractivity contribution is 5.83. The maximum atomic E-state index is 11.9. The molecule has 15 heavy (non-hydrogen) atoms. The smallest absolute Gasteiger partial charge is 0.329 e. The van der Waals surface area contributed by atoms with E-state index in [1.54, 1.807) is 0 Å². The second kappa shape index (κ2) is 4.83. The van der Waals surface area contributed by atoms with Gasteiger partial charge in [0.2, 0.25) is 5.91 Å². The number of amides is 1. The number of nitrogens with one attached hydrogen (secondary N) is 1. The number of nitrogens with zero attached hydrogens (tertiary/aromatic N) is 1. The monoisotopic (exact) mass is 224 g/mol. The summed E-state index contributed by atoms with van der Waals surface area (Å²) >= 11 is 0. The fraction of sp³-hybridized carbons (Fsp3) is 0.889. The topological polar surface area (TPSA) is 32.3 Å². The minimum Gasteiger partial charge on any atom is -0.329 e. The predicted octanol–water partition coefficient (Wildman–Crippen LogP) is 1.50. The van der Waals surface area contributed by atoms with Crippen molar-refractivity contribution in [3.8, 4) is 0 Å². The fourth-order valence-electron chi connectivity index (χ4n) is 1.58. The van der Waals surface area contributed by atoms with E-state index >= 15 is 0 Å². The van der Waals surface area contributed by atoms with Gasteiger partial charge in [-0.15, -0.1) is 0 Å². The summed E-state index contributed by atoms with van der Waals surface area (Å²) in [6, 6.07) is -0.212. The molecule has 6 heteroatoms. The SMILES string of the molecule is CCC1NCN(CCCC(F)(F)F)C1=O. The van der Waals surface area contributed by atoms with Gasteiger partial charge in [0.1, 0.15) is 0 Å². The van der Waals surface area contributed by atoms with Gasteiger partial charge in [-0.25, -0.2) is 0 Å². The maximum absolute atomic E-state index is 11.9. The molecule has 0 aliphatic carbocycles. The molecular formula is C9H15F3N2O. The van der Waals surface area contributed by atoms with Crippen LogP contribution >= 0.6 is 0 Å². The highest BCUT2D eigenvalue weighted by atomic mass is 19.4. The van der Waals surface area contributed by atoms with Crippen molar-refractivity contribution in [1.82, 2.24) is 10.2 Å². The van der Waals surface area contributed by atoms with Crippen LogP contribution in [0.2, 0.25) is 0 Å². The van der Waals surface area contributed by atoms with E-state index in [2.05, 4.69) is 5.32 Å². The Morgan fingerprint density at radius 1 is 1.53 bits per heavy atom. The van der Waals surface area contributed by atoms with Crippen molar-refractivity contribution in [1.29, 1.82) is 0 Å². The van der Waals surface area contributed by atoms with Gasteiger partial charge in [-0.2, -0.15) is 13.2 Å². The van der Waals surface area contributed by atoms with Crippen LogP contribution in [0.4, 0.5) is 13.2 Å². The molecule has 1 heterocycles. The quantitative estimate of drug-likeness (QED) is 0.784. The van der Waals surface area contributed by atoms with Crippen molar-refractivity contribution in [3.05, 3.63) is 0 Å². The molecule has 1 aliphatic heterocycles. The molecule has 1 atom stereocenters. The number of carbonyl (C=O) groups excluding carboxylic acids is 1. The average Bonchev–Trinajstić information content (AvgIpc) is 2.46. The normalized spacial score (nSPS) is 22.5. The second-order valence-electron chi connectivity index (χ2n) is 3.64.